The zero-order valence-electron chi connectivity index (χ0n) is 69.9. The molecule has 2 N–H and O–H groups in total. The summed E-state index contributed by atoms with van der Waals surface area (Å²) in [6, 6.07) is 61.5. The van der Waals surface area contributed by atoms with Gasteiger partial charge in [-0.2, -0.15) is 56.6 Å². The Hall–Kier alpha value is -6.93. The number of aryl methyl sites for hydroxylation is 1. The molecule has 3 fully saturated rings. The minimum Gasteiger partial charge on any atom is -0.861 e. The number of piperazine rings is 1. The van der Waals surface area contributed by atoms with E-state index >= 15 is 0 Å². The van der Waals surface area contributed by atoms with Crippen LogP contribution in [0.2, 0.25) is 0 Å². The van der Waals surface area contributed by atoms with E-state index in [4.69, 9.17) is 5.73 Å². The van der Waals surface area contributed by atoms with Gasteiger partial charge in [0.05, 0.1) is 25.8 Å². The first-order valence-corrected chi connectivity index (χ1v) is 53.4. The molecule has 0 saturated carbocycles. The molecule has 0 aliphatic carbocycles. The van der Waals surface area contributed by atoms with Gasteiger partial charge in [0.15, 0.2) is 46.2 Å². The fourth-order valence-corrected chi connectivity index (χ4v) is 26.1. The number of likely N-dealkylation sites (N-methyl/N-ethyl adjacent to an activating group) is 1. The number of halogens is 9. The first-order valence-electron chi connectivity index (χ1n) is 39.9. The highest BCUT2D eigenvalue weighted by atomic mass is 32.3. The number of nitrogens with zero attached hydrogens (tertiary/aromatic N) is 6. The number of sulfonamides is 6. The van der Waals surface area contributed by atoms with Crippen LogP contribution in [0.1, 0.15) is 155 Å². The van der Waals surface area contributed by atoms with Crippen molar-refractivity contribution in [2.45, 2.75) is 183 Å². The molecule has 3 aliphatic heterocycles. The van der Waals surface area contributed by atoms with Crippen LogP contribution >= 0.6 is 0 Å². The SMILES string of the molecule is CCCCCCCCC([O-])=NS(=O)(=O)c1ccc(CN(C)C)cc1.CCCCCCCCS(=O)(=O)[N-]S(=O)(=O)c1ccc(N)cc1.CN1CCN(S(=O)(=O)C(F)(F)C(F)(F)C(F)(F)S(=O)(=O)[N-]S(=O)(=O)C(F)(F)F)CC1.Cc1ccc([S+](c2ccccc2)c2ccccc2)cc1.O=C(C[S+]1CCCC1)c1ccccc1.O=C(C[S+]1CCCC1)c1ccccc1. The molecular formula is C84H110F9N7O15S9. The van der Waals surface area contributed by atoms with Crippen LogP contribution in [0.3, 0.4) is 0 Å². The Morgan fingerprint density at radius 1 is 0.492 bits per heavy atom. The molecule has 0 amide bonds. The minimum atomic E-state index is -7.88. The van der Waals surface area contributed by atoms with Gasteiger partial charge in [0.1, 0.15) is 33.0 Å². The summed E-state index contributed by atoms with van der Waals surface area (Å²) >= 11 is 0. The summed E-state index contributed by atoms with van der Waals surface area (Å²) in [5, 5.41) is -2.48. The van der Waals surface area contributed by atoms with Gasteiger partial charge in [0.25, 0.3) is 20.0 Å². The molecule has 7 aromatic rings. The molecule has 22 nitrogen and oxygen atoms in total. The lowest BCUT2D eigenvalue weighted by molar-refractivity contribution is -0.244. The fraction of sp³-hybridized carbons (Fsp3) is 0.464. The van der Waals surface area contributed by atoms with Crippen molar-refractivity contribution in [3.8, 4) is 0 Å². The van der Waals surface area contributed by atoms with Gasteiger partial charge in [0, 0.05) is 60.2 Å². The Morgan fingerprint density at radius 3 is 1.31 bits per heavy atom. The van der Waals surface area contributed by atoms with Crippen molar-refractivity contribution in [2.24, 2.45) is 4.40 Å². The standard InChI is InChI=1S/C19H17S.C18H30N2O3S.C14H23N2O4S2.2C12H15OS.C9H11F9N3O6S3/c1-16-12-14-19(15-13-16)20(17-8-4-2-5-9-17)18-10-6-3-7-11-18;1-4-5-6-7-8-9-10-18(21)19-24(22,23)17-13-11-16(12-14-17)15-20(2)3;1-2-3-4-5-6-7-12-21(17,18)16-22(19,20)14-10-8-13(15)9-11-14;2*13-12(10-14-8-4-5-9-14)11-6-2-1-3-7-11;1-20-2-4-21(5-3-20)30(26,27)8(14,15)6(10,11)7(12,13)28(22,23)19-29(24,25)9(16,17)18/h2-15H,1H3;11-14H,4-10,15H2,1-3H3,(H,19,21);8-11H,2-7,12,15H2,1H3;2*1-3,6-7H,4-5,8-10H2;2-5H2,1H3/q+1;;-1;2*+1;-1/p-1. The molecule has 3 heterocycles. The molecule has 0 atom stereocenters. The Morgan fingerprint density at radius 2 is 0.887 bits per heavy atom. The number of alkyl halides is 9. The van der Waals surface area contributed by atoms with Gasteiger partial charge in [-0.3, -0.25) is 9.59 Å². The normalized spacial score (nSPS) is 15.1. The third-order valence-electron chi connectivity index (χ3n) is 18.8. The largest absolute Gasteiger partial charge is 0.861 e. The van der Waals surface area contributed by atoms with E-state index in [0.29, 0.717) is 56.0 Å². The maximum Gasteiger partial charge on any atom is 0.480 e. The number of ketones is 2. The smallest absolute Gasteiger partial charge is 0.480 e. The van der Waals surface area contributed by atoms with Crippen molar-refractivity contribution in [2.75, 3.05) is 93.3 Å². The third-order valence-corrected chi connectivity index (χ3v) is 35.5. The van der Waals surface area contributed by atoms with Crippen LogP contribution in [0.25, 0.3) is 8.25 Å². The van der Waals surface area contributed by atoms with E-state index in [-0.39, 0.29) is 50.3 Å². The Balaban J connectivity index is 0.000000269. The number of carbonyl (C=O) groups is 2. The number of anilines is 1. The third kappa shape index (κ3) is 34.6. The summed E-state index contributed by atoms with van der Waals surface area (Å²) in [5.41, 5.74) is 3.28. The van der Waals surface area contributed by atoms with Crippen molar-refractivity contribution < 1.29 is 105 Å². The van der Waals surface area contributed by atoms with Gasteiger partial charge in [-0.05, 0) is 179 Å². The maximum atomic E-state index is 14.0. The molecule has 0 aromatic heterocycles. The van der Waals surface area contributed by atoms with E-state index in [1.807, 2.05) is 79.7 Å². The number of hydrogen-bond donors (Lipinski definition) is 1. The highest BCUT2D eigenvalue weighted by molar-refractivity contribution is 8.13. The average Bonchev–Trinajstić information content (AvgIpc) is 0.775. The van der Waals surface area contributed by atoms with Crippen molar-refractivity contribution in [1.82, 2.24) is 14.1 Å². The molecule has 0 bridgehead atoms. The van der Waals surface area contributed by atoms with Crippen LogP contribution in [0.4, 0.5) is 45.2 Å². The molecule has 0 unspecified atom stereocenters. The average molecular weight is 1920 g/mol. The molecular weight excluding hydrogens is 1810 g/mol. The molecule has 124 heavy (non-hydrogen) atoms. The van der Waals surface area contributed by atoms with E-state index in [1.165, 1.54) is 137 Å². The zero-order chi connectivity index (χ0) is 92.2. The molecule has 10 rings (SSSR count). The van der Waals surface area contributed by atoms with E-state index in [0.717, 1.165) is 79.7 Å². The predicted molar refractivity (Wildman–Crippen MR) is 475 cm³/mol. The molecule has 688 valence electrons. The second kappa shape index (κ2) is 50.7. The number of Topliss-reactive ketones (excluding diaryl/α,β-unsaturated/α-hetero) is 2. The number of nitrogen functional groups attached to an aromatic ring is 1. The lowest BCUT2D eigenvalue weighted by Gasteiger charge is -2.39. The monoisotopic (exact) mass is 1920 g/mol. The van der Waals surface area contributed by atoms with Gasteiger partial charge in [-0.1, -0.05) is 205 Å². The van der Waals surface area contributed by atoms with Crippen LogP contribution < -0.4 is 10.8 Å². The molecule has 40 heteroatoms. The Labute approximate surface area is 734 Å². The quantitative estimate of drug-likeness (QED) is 0.00719. The molecule has 7 aromatic carbocycles. The molecule has 0 spiro atoms. The van der Waals surface area contributed by atoms with E-state index in [1.54, 1.807) is 12.1 Å². The summed E-state index contributed by atoms with van der Waals surface area (Å²) < 4.78 is 265. The van der Waals surface area contributed by atoms with Crippen molar-refractivity contribution in [3.05, 3.63) is 225 Å². The van der Waals surface area contributed by atoms with Crippen LogP contribution in [-0.4, -0.2) is 192 Å². The second-order valence-corrected chi connectivity index (χ2v) is 46.7. The number of unbranched alkanes of at least 4 members (excludes halogenated alkanes) is 10. The number of benzene rings is 7. The van der Waals surface area contributed by atoms with Crippen molar-refractivity contribution in [3.63, 3.8) is 0 Å². The van der Waals surface area contributed by atoms with E-state index < -0.39 is 101 Å². The molecule has 3 saturated heterocycles. The van der Waals surface area contributed by atoms with Crippen LogP contribution in [0.15, 0.2) is 223 Å². The summed E-state index contributed by atoms with van der Waals surface area (Å²) in [6.07, 6.45) is 17.2. The molecule has 3 aliphatic rings. The van der Waals surface area contributed by atoms with Crippen molar-refractivity contribution in [1.29, 1.82) is 0 Å². The first kappa shape index (κ1) is 108. The van der Waals surface area contributed by atoms with Crippen LogP contribution in [0, 0.1) is 6.92 Å². The Kier molecular flexibility index (Phi) is 44.0. The lowest BCUT2D eigenvalue weighted by atomic mass is 10.1. The number of hydrogen-bond acceptors (Lipinski definition) is 18. The number of rotatable bonds is 37. The minimum absolute atomic E-state index is 0.0229. The predicted octanol–water partition coefficient (Wildman–Crippen LogP) is 16.6. The van der Waals surface area contributed by atoms with Gasteiger partial charge < -0.3 is 28.9 Å². The van der Waals surface area contributed by atoms with Crippen LogP contribution in [-0.2, 0) is 99.4 Å². The van der Waals surface area contributed by atoms with Crippen LogP contribution in [0.5, 0.6) is 0 Å². The lowest BCUT2D eigenvalue weighted by Crippen LogP contribution is -2.64. The summed E-state index contributed by atoms with van der Waals surface area (Å²) in [5.74, 6) is -0.893. The van der Waals surface area contributed by atoms with Crippen molar-refractivity contribution >= 4 is 116 Å². The van der Waals surface area contributed by atoms with Gasteiger partial charge in [-0.15, -0.1) is 0 Å². The maximum absolute atomic E-state index is 14.0. The first-order chi connectivity index (χ1) is 58.1. The number of carbonyl (C=O) groups excluding carboxylic acids is 2. The van der Waals surface area contributed by atoms with Gasteiger partial charge in [-0.25, -0.2) is 42.1 Å². The van der Waals surface area contributed by atoms with E-state index in [2.05, 4.69) is 114 Å². The van der Waals surface area contributed by atoms with Gasteiger partial charge in [0.2, 0.25) is 11.6 Å². The highest BCUT2D eigenvalue weighted by Crippen LogP contribution is 2.54. The van der Waals surface area contributed by atoms with E-state index in [9.17, 15) is 105 Å². The molecule has 0 radical (unpaired) electrons. The summed E-state index contributed by atoms with van der Waals surface area (Å²) in [7, 11) is -28.0. The summed E-state index contributed by atoms with van der Waals surface area (Å²) in [6.45, 7) is 4.71. The zero-order valence-corrected chi connectivity index (χ0v) is 77.3. The Bertz CT molecular complexity index is 5050. The van der Waals surface area contributed by atoms with Gasteiger partial charge >= 0.3 is 21.9 Å². The summed E-state index contributed by atoms with van der Waals surface area (Å²) in [4.78, 5) is 30.9. The highest BCUT2D eigenvalue weighted by Gasteiger charge is 2.81. The number of nitrogens with two attached hydrogens (primary N) is 1. The topological polar surface area (TPSA) is 338 Å². The second-order valence-electron chi connectivity index (χ2n) is 29.4. The fourth-order valence-electron chi connectivity index (χ4n) is 12.0.